The zero-order valence-electron chi connectivity index (χ0n) is 11.4. The van der Waals surface area contributed by atoms with E-state index >= 15 is 0 Å². The van der Waals surface area contributed by atoms with Gasteiger partial charge < -0.3 is 19.5 Å². The van der Waals surface area contributed by atoms with Gasteiger partial charge in [-0.15, -0.1) is 10.2 Å². The standard InChI is InChI=1S/C12H23N3O3/c1-10-13-14-11(18-10)5-4-6-15(3)7-12(2,8-16)9-17/h16-17H,4-9H2,1-3H3. The first kappa shape index (κ1) is 15.1. The van der Waals surface area contributed by atoms with Crippen LogP contribution in [0, 0.1) is 12.3 Å². The molecule has 0 aromatic carbocycles. The molecule has 1 aromatic heterocycles. The molecule has 0 saturated heterocycles. The number of nitrogens with zero attached hydrogens (tertiary/aromatic N) is 3. The van der Waals surface area contributed by atoms with Crippen molar-refractivity contribution in [2.45, 2.75) is 26.7 Å². The maximum Gasteiger partial charge on any atom is 0.216 e. The van der Waals surface area contributed by atoms with Gasteiger partial charge in [-0.2, -0.15) is 0 Å². The number of aliphatic hydroxyl groups excluding tert-OH is 2. The maximum atomic E-state index is 9.22. The van der Waals surface area contributed by atoms with Crippen LogP contribution in [-0.2, 0) is 6.42 Å². The van der Waals surface area contributed by atoms with Crippen molar-refractivity contribution in [2.75, 3.05) is 33.4 Å². The van der Waals surface area contributed by atoms with Gasteiger partial charge in [-0.05, 0) is 20.0 Å². The average molecular weight is 257 g/mol. The van der Waals surface area contributed by atoms with Crippen LogP contribution in [0.1, 0.15) is 25.1 Å². The van der Waals surface area contributed by atoms with Crippen molar-refractivity contribution in [3.8, 4) is 0 Å². The molecular weight excluding hydrogens is 234 g/mol. The summed E-state index contributed by atoms with van der Waals surface area (Å²) in [6.45, 7) is 5.12. The summed E-state index contributed by atoms with van der Waals surface area (Å²) in [4.78, 5) is 2.09. The van der Waals surface area contributed by atoms with Crippen molar-refractivity contribution < 1.29 is 14.6 Å². The van der Waals surface area contributed by atoms with Crippen molar-refractivity contribution in [2.24, 2.45) is 5.41 Å². The summed E-state index contributed by atoms with van der Waals surface area (Å²) >= 11 is 0. The third kappa shape index (κ3) is 4.72. The Labute approximate surface area is 108 Å². The summed E-state index contributed by atoms with van der Waals surface area (Å²) in [5.74, 6) is 1.25. The predicted octanol–water partition coefficient (Wildman–Crippen LogP) is 0.233. The number of aryl methyl sites for hydroxylation is 2. The molecule has 104 valence electrons. The minimum Gasteiger partial charge on any atom is -0.426 e. The smallest absolute Gasteiger partial charge is 0.216 e. The van der Waals surface area contributed by atoms with E-state index < -0.39 is 5.41 Å². The van der Waals surface area contributed by atoms with Gasteiger partial charge in [0.1, 0.15) is 0 Å². The minimum atomic E-state index is -0.449. The van der Waals surface area contributed by atoms with Crippen LogP contribution in [-0.4, -0.2) is 58.7 Å². The molecule has 0 saturated carbocycles. The van der Waals surface area contributed by atoms with Gasteiger partial charge in [0.05, 0.1) is 13.2 Å². The van der Waals surface area contributed by atoms with Gasteiger partial charge in [-0.1, -0.05) is 6.92 Å². The van der Waals surface area contributed by atoms with Crippen LogP contribution >= 0.6 is 0 Å². The number of rotatable bonds is 8. The van der Waals surface area contributed by atoms with E-state index in [-0.39, 0.29) is 13.2 Å². The molecule has 1 rings (SSSR count). The van der Waals surface area contributed by atoms with E-state index in [9.17, 15) is 10.2 Å². The minimum absolute atomic E-state index is 0.0172. The van der Waals surface area contributed by atoms with E-state index in [0.717, 1.165) is 19.4 Å². The van der Waals surface area contributed by atoms with Crippen LogP contribution in [0.2, 0.25) is 0 Å². The monoisotopic (exact) mass is 257 g/mol. The number of aliphatic hydroxyl groups is 2. The lowest BCUT2D eigenvalue weighted by atomic mass is 9.92. The first-order valence-corrected chi connectivity index (χ1v) is 6.18. The van der Waals surface area contributed by atoms with Crippen LogP contribution < -0.4 is 0 Å². The molecule has 6 heteroatoms. The summed E-state index contributed by atoms with van der Waals surface area (Å²) in [6.07, 6.45) is 1.66. The number of aromatic nitrogens is 2. The summed E-state index contributed by atoms with van der Waals surface area (Å²) in [5.41, 5.74) is -0.449. The van der Waals surface area contributed by atoms with Crippen LogP contribution in [0.15, 0.2) is 4.42 Å². The fraction of sp³-hybridized carbons (Fsp3) is 0.833. The second-order valence-electron chi connectivity index (χ2n) is 5.18. The van der Waals surface area contributed by atoms with Gasteiger partial charge in [-0.3, -0.25) is 0 Å². The Kier molecular flexibility index (Phi) is 5.71. The maximum absolute atomic E-state index is 9.22. The van der Waals surface area contributed by atoms with E-state index in [1.54, 1.807) is 6.92 Å². The van der Waals surface area contributed by atoms with Gasteiger partial charge in [0.25, 0.3) is 0 Å². The highest BCUT2D eigenvalue weighted by molar-refractivity contribution is 4.80. The molecule has 0 radical (unpaired) electrons. The van der Waals surface area contributed by atoms with Gasteiger partial charge in [-0.25, -0.2) is 0 Å². The van der Waals surface area contributed by atoms with Gasteiger partial charge in [0, 0.05) is 25.3 Å². The molecule has 0 bridgehead atoms. The number of hydrogen-bond donors (Lipinski definition) is 2. The first-order valence-electron chi connectivity index (χ1n) is 6.18. The Morgan fingerprint density at radius 3 is 2.44 bits per heavy atom. The molecule has 0 amide bonds. The molecule has 1 heterocycles. The van der Waals surface area contributed by atoms with Crippen LogP contribution in [0.4, 0.5) is 0 Å². The molecule has 0 atom stereocenters. The quantitative estimate of drug-likeness (QED) is 0.694. The van der Waals surface area contributed by atoms with E-state index in [1.807, 2.05) is 14.0 Å². The third-order valence-corrected chi connectivity index (χ3v) is 2.91. The Balaban J connectivity index is 2.26. The molecule has 0 unspecified atom stereocenters. The van der Waals surface area contributed by atoms with Crippen molar-refractivity contribution in [3.05, 3.63) is 11.8 Å². The highest BCUT2D eigenvalue weighted by Crippen LogP contribution is 2.15. The lowest BCUT2D eigenvalue weighted by Crippen LogP contribution is -2.39. The molecule has 0 aliphatic carbocycles. The van der Waals surface area contributed by atoms with Gasteiger partial charge in [0.15, 0.2) is 0 Å². The normalized spacial score (nSPS) is 12.3. The summed E-state index contributed by atoms with van der Waals surface area (Å²) in [6, 6.07) is 0. The van der Waals surface area contributed by atoms with E-state index in [0.29, 0.717) is 18.3 Å². The average Bonchev–Trinajstić information content (AvgIpc) is 2.75. The van der Waals surface area contributed by atoms with Gasteiger partial charge in [0.2, 0.25) is 11.8 Å². The molecule has 2 N–H and O–H groups in total. The summed E-state index contributed by atoms with van der Waals surface area (Å²) in [7, 11) is 1.97. The molecule has 0 aliphatic rings. The molecule has 0 spiro atoms. The van der Waals surface area contributed by atoms with Crippen molar-refractivity contribution in [1.29, 1.82) is 0 Å². The van der Waals surface area contributed by atoms with Crippen LogP contribution in [0.3, 0.4) is 0 Å². The summed E-state index contributed by atoms with van der Waals surface area (Å²) in [5, 5.41) is 26.1. The molecule has 18 heavy (non-hydrogen) atoms. The zero-order valence-corrected chi connectivity index (χ0v) is 11.4. The fourth-order valence-corrected chi connectivity index (χ4v) is 1.82. The molecule has 1 aromatic rings. The Hall–Kier alpha value is -0.980. The lowest BCUT2D eigenvalue weighted by Gasteiger charge is -2.30. The van der Waals surface area contributed by atoms with Crippen molar-refractivity contribution in [1.82, 2.24) is 15.1 Å². The highest BCUT2D eigenvalue weighted by Gasteiger charge is 2.24. The van der Waals surface area contributed by atoms with Crippen molar-refractivity contribution in [3.63, 3.8) is 0 Å². The van der Waals surface area contributed by atoms with Crippen LogP contribution in [0.25, 0.3) is 0 Å². The lowest BCUT2D eigenvalue weighted by molar-refractivity contribution is 0.0417. The van der Waals surface area contributed by atoms with Gasteiger partial charge >= 0.3 is 0 Å². The second-order valence-corrected chi connectivity index (χ2v) is 5.18. The molecule has 0 fully saturated rings. The van der Waals surface area contributed by atoms with E-state index in [2.05, 4.69) is 15.1 Å². The SMILES string of the molecule is Cc1nnc(CCCN(C)CC(C)(CO)CO)o1. The Morgan fingerprint density at radius 2 is 1.94 bits per heavy atom. The van der Waals surface area contributed by atoms with E-state index in [1.165, 1.54) is 0 Å². The van der Waals surface area contributed by atoms with Crippen molar-refractivity contribution >= 4 is 0 Å². The molecule has 0 aliphatic heterocycles. The third-order valence-electron chi connectivity index (χ3n) is 2.91. The zero-order chi connectivity index (χ0) is 13.6. The first-order chi connectivity index (χ1) is 8.49. The summed E-state index contributed by atoms with van der Waals surface area (Å²) < 4.78 is 5.29. The van der Waals surface area contributed by atoms with Crippen LogP contribution in [0.5, 0.6) is 0 Å². The Morgan fingerprint density at radius 1 is 1.28 bits per heavy atom. The van der Waals surface area contributed by atoms with E-state index in [4.69, 9.17) is 4.42 Å². The number of hydrogen-bond acceptors (Lipinski definition) is 6. The molecule has 6 nitrogen and oxygen atoms in total. The Bertz CT molecular complexity index is 350. The molecular formula is C12H23N3O3. The topological polar surface area (TPSA) is 82.6 Å². The second kappa shape index (κ2) is 6.82. The predicted molar refractivity (Wildman–Crippen MR) is 67.1 cm³/mol. The largest absolute Gasteiger partial charge is 0.426 e. The highest BCUT2D eigenvalue weighted by atomic mass is 16.4. The fourth-order valence-electron chi connectivity index (χ4n) is 1.82.